The topological polar surface area (TPSA) is 47.4 Å². The summed E-state index contributed by atoms with van der Waals surface area (Å²) in [4.78, 5) is 14.0. The highest BCUT2D eigenvalue weighted by molar-refractivity contribution is 6.33. The van der Waals surface area contributed by atoms with Gasteiger partial charge in [0.15, 0.2) is 5.78 Å². The lowest BCUT2D eigenvalue weighted by Crippen LogP contribution is -2.19. The smallest absolute Gasteiger partial charge is 0.183 e. The highest BCUT2D eigenvalue weighted by Gasteiger charge is 2.17. The Balaban J connectivity index is 2.73. The van der Waals surface area contributed by atoms with E-state index in [0.717, 1.165) is 0 Å². The van der Waals surface area contributed by atoms with Gasteiger partial charge in [-0.15, -0.1) is 0 Å². The second-order valence-corrected chi connectivity index (χ2v) is 4.44. The first kappa shape index (κ1) is 14.2. The number of hydrogen-bond acceptors (Lipinski definition) is 4. The minimum atomic E-state index is 0.0114. The van der Waals surface area contributed by atoms with Crippen LogP contribution >= 0.6 is 11.6 Å². The summed E-state index contributed by atoms with van der Waals surface area (Å²) >= 11 is 5.98. The van der Waals surface area contributed by atoms with Gasteiger partial charge in [0.2, 0.25) is 0 Å². The monoisotopic (exact) mass is 259 g/mol. The van der Waals surface area contributed by atoms with Crippen LogP contribution in [0.4, 0.5) is 0 Å². The van der Waals surface area contributed by atoms with Gasteiger partial charge in [-0.1, -0.05) is 11.6 Å². The van der Waals surface area contributed by atoms with Crippen molar-refractivity contribution in [1.82, 2.24) is 14.7 Å². The van der Waals surface area contributed by atoms with Crippen LogP contribution in [-0.4, -0.2) is 54.8 Å². The fourth-order valence-electron chi connectivity index (χ4n) is 1.43. The molecule has 17 heavy (non-hydrogen) atoms. The van der Waals surface area contributed by atoms with Crippen LogP contribution < -0.4 is 0 Å². The third kappa shape index (κ3) is 4.11. The van der Waals surface area contributed by atoms with E-state index in [2.05, 4.69) is 5.10 Å². The van der Waals surface area contributed by atoms with Crippen LogP contribution in [-0.2, 0) is 11.3 Å². The largest absolute Gasteiger partial charge is 0.383 e. The molecule has 6 heteroatoms. The van der Waals surface area contributed by atoms with E-state index >= 15 is 0 Å². The van der Waals surface area contributed by atoms with E-state index in [1.807, 2.05) is 19.0 Å². The number of ketones is 1. The first-order valence-corrected chi connectivity index (χ1v) is 5.82. The predicted molar refractivity (Wildman–Crippen MR) is 66.6 cm³/mol. The van der Waals surface area contributed by atoms with Crippen LogP contribution in [0, 0.1) is 0 Å². The normalized spacial score (nSPS) is 11.1. The number of halogens is 1. The summed E-state index contributed by atoms with van der Waals surface area (Å²) in [5.41, 5.74) is 0.477. The summed E-state index contributed by atoms with van der Waals surface area (Å²) in [6.07, 6.45) is 1.94. The maximum Gasteiger partial charge on any atom is 0.183 e. The molecule has 5 nitrogen and oxygen atoms in total. The van der Waals surface area contributed by atoms with E-state index < -0.39 is 0 Å². The molecule has 96 valence electrons. The van der Waals surface area contributed by atoms with E-state index in [1.165, 1.54) is 6.20 Å². The number of Topliss-reactive ketones (excluding diaryl/α,β-unsaturated/α-hetero) is 1. The maximum atomic E-state index is 12.0. The lowest BCUT2D eigenvalue weighted by molar-refractivity contribution is 0.0958. The fourth-order valence-corrected chi connectivity index (χ4v) is 1.68. The molecule has 0 spiro atoms. The zero-order chi connectivity index (χ0) is 12.8. The van der Waals surface area contributed by atoms with Crippen LogP contribution in [0.2, 0.25) is 5.02 Å². The molecule has 0 fully saturated rings. The standard InChI is InChI=1S/C11H18ClN3O2/c1-14(2)5-4-10(16)11-9(12)8-13-15(11)6-7-17-3/h8H,4-7H2,1-3H3. The van der Waals surface area contributed by atoms with Crippen molar-refractivity contribution in [2.45, 2.75) is 13.0 Å². The summed E-state index contributed by atoms with van der Waals surface area (Å²) in [7, 11) is 5.47. The number of ether oxygens (including phenoxy) is 1. The molecule has 0 unspecified atom stereocenters. The molecular formula is C11H18ClN3O2. The second kappa shape index (κ2) is 6.74. The van der Waals surface area contributed by atoms with Crippen molar-refractivity contribution in [3.63, 3.8) is 0 Å². The van der Waals surface area contributed by atoms with Crippen molar-refractivity contribution < 1.29 is 9.53 Å². The number of aromatic nitrogens is 2. The Bertz CT molecular complexity index is 377. The zero-order valence-corrected chi connectivity index (χ0v) is 11.2. The second-order valence-electron chi connectivity index (χ2n) is 4.03. The van der Waals surface area contributed by atoms with E-state index in [9.17, 15) is 4.79 Å². The molecule has 0 N–H and O–H groups in total. The van der Waals surface area contributed by atoms with Crippen molar-refractivity contribution >= 4 is 17.4 Å². The van der Waals surface area contributed by atoms with Crippen LogP contribution in [0.25, 0.3) is 0 Å². The van der Waals surface area contributed by atoms with Crippen molar-refractivity contribution in [3.05, 3.63) is 16.9 Å². The van der Waals surface area contributed by atoms with Gasteiger partial charge >= 0.3 is 0 Å². The third-order valence-electron chi connectivity index (χ3n) is 2.35. The molecule has 1 aromatic rings. The predicted octanol–water partition coefficient (Wildman–Crippen LogP) is 1.32. The van der Waals surface area contributed by atoms with Crippen LogP contribution in [0.5, 0.6) is 0 Å². The zero-order valence-electron chi connectivity index (χ0n) is 10.4. The summed E-state index contributed by atoms with van der Waals surface area (Å²) in [6.45, 7) is 1.74. The molecule has 1 heterocycles. The number of hydrogen-bond donors (Lipinski definition) is 0. The number of nitrogens with zero attached hydrogens (tertiary/aromatic N) is 3. The Morgan fingerprint density at radius 3 is 2.88 bits per heavy atom. The first-order valence-electron chi connectivity index (χ1n) is 5.44. The average molecular weight is 260 g/mol. The SMILES string of the molecule is COCCn1ncc(Cl)c1C(=O)CCN(C)C. The molecule has 1 rings (SSSR count). The molecule has 0 aliphatic carbocycles. The van der Waals surface area contributed by atoms with Gasteiger partial charge in [0, 0.05) is 20.1 Å². The average Bonchev–Trinajstić information content (AvgIpc) is 2.64. The molecule has 0 saturated carbocycles. The molecule has 0 aliphatic rings. The van der Waals surface area contributed by atoms with E-state index in [0.29, 0.717) is 36.8 Å². The van der Waals surface area contributed by atoms with Gasteiger partial charge in [-0.05, 0) is 14.1 Å². The summed E-state index contributed by atoms with van der Waals surface area (Å²) in [6, 6.07) is 0. The Labute approximate surface area is 106 Å². The Morgan fingerprint density at radius 2 is 2.29 bits per heavy atom. The Hall–Kier alpha value is -0.910. The lowest BCUT2D eigenvalue weighted by Gasteiger charge is -2.10. The van der Waals surface area contributed by atoms with Crippen LogP contribution in [0.15, 0.2) is 6.20 Å². The van der Waals surface area contributed by atoms with Gasteiger partial charge in [-0.2, -0.15) is 5.10 Å². The van der Waals surface area contributed by atoms with Gasteiger partial charge in [0.05, 0.1) is 24.4 Å². The Kier molecular flexibility index (Phi) is 5.61. The van der Waals surface area contributed by atoms with Gasteiger partial charge < -0.3 is 9.64 Å². The quantitative estimate of drug-likeness (QED) is 0.693. The van der Waals surface area contributed by atoms with Gasteiger partial charge in [-0.3, -0.25) is 9.48 Å². The summed E-state index contributed by atoms with van der Waals surface area (Å²) < 4.78 is 6.57. The van der Waals surface area contributed by atoms with Gasteiger partial charge in [-0.25, -0.2) is 0 Å². The molecule has 0 aliphatic heterocycles. The van der Waals surface area contributed by atoms with Crippen molar-refractivity contribution in [2.24, 2.45) is 0 Å². The number of rotatable bonds is 7. The number of methoxy groups -OCH3 is 1. The molecule has 0 radical (unpaired) electrons. The molecule has 0 saturated heterocycles. The number of carbonyl (C=O) groups is 1. The minimum absolute atomic E-state index is 0.0114. The summed E-state index contributed by atoms with van der Waals surface area (Å²) in [5, 5.41) is 4.48. The van der Waals surface area contributed by atoms with Crippen molar-refractivity contribution in [3.8, 4) is 0 Å². The van der Waals surface area contributed by atoms with E-state index in [1.54, 1.807) is 11.8 Å². The lowest BCUT2D eigenvalue weighted by atomic mass is 10.2. The fraction of sp³-hybridized carbons (Fsp3) is 0.636. The van der Waals surface area contributed by atoms with Crippen molar-refractivity contribution in [2.75, 3.05) is 34.4 Å². The first-order chi connectivity index (χ1) is 8.06. The molecule has 0 bridgehead atoms. The van der Waals surface area contributed by atoms with E-state index in [4.69, 9.17) is 16.3 Å². The third-order valence-corrected chi connectivity index (χ3v) is 2.63. The minimum Gasteiger partial charge on any atom is -0.383 e. The van der Waals surface area contributed by atoms with Crippen LogP contribution in [0.3, 0.4) is 0 Å². The molecular weight excluding hydrogens is 242 g/mol. The Morgan fingerprint density at radius 1 is 1.59 bits per heavy atom. The number of carbonyl (C=O) groups excluding carboxylic acids is 1. The summed E-state index contributed by atoms with van der Waals surface area (Å²) in [5.74, 6) is 0.0114. The van der Waals surface area contributed by atoms with E-state index in [-0.39, 0.29) is 5.78 Å². The highest BCUT2D eigenvalue weighted by atomic mass is 35.5. The highest BCUT2D eigenvalue weighted by Crippen LogP contribution is 2.17. The van der Waals surface area contributed by atoms with Gasteiger partial charge in [0.1, 0.15) is 5.69 Å². The van der Waals surface area contributed by atoms with Gasteiger partial charge in [0.25, 0.3) is 0 Å². The van der Waals surface area contributed by atoms with Crippen LogP contribution in [0.1, 0.15) is 16.9 Å². The molecule has 0 atom stereocenters. The molecule has 1 aromatic heterocycles. The molecule has 0 amide bonds. The molecule has 0 aromatic carbocycles. The maximum absolute atomic E-state index is 12.0. The van der Waals surface area contributed by atoms with Crippen molar-refractivity contribution in [1.29, 1.82) is 0 Å².